The zero-order valence-electron chi connectivity index (χ0n) is 17.9. The first-order chi connectivity index (χ1) is 14.3. The van der Waals surface area contributed by atoms with Crippen LogP contribution in [-0.2, 0) is 24.9 Å². The molecule has 4 rings (SSSR count). The topological polar surface area (TPSA) is 63.3 Å². The smallest absolute Gasteiger partial charge is 0.217 e. The van der Waals surface area contributed by atoms with Crippen molar-refractivity contribution in [2.75, 3.05) is 0 Å². The average Bonchev–Trinajstić information content (AvgIpc) is 3.10. The summed E-state index contributed by atoms with van der Waals surface area (Å²) in [4.78, 5) is 14.7. The molecule has 0 unspecified atom stereocenters. The van der Waals surface area contributed by atoms with E-state index < -0.39 is 0 Å². The number of nitrogens with zero attached hydrogens (tertiary/aromatic N) is 1. The first-order valence-electron chi connectivity index (χ1n) is 9.67. The molecule has 4 aromatic rings. The van der Waals surface area contributed by atoms with Crippen molar-refractivity contribution in [2.24, 2.45) is 0 Å². The van der Waals surface area contributed by atoms with E-state index in [0.717, 1.165) is 28.0 Å². The minimum absolute atomic E-state index is 0. The number of aliphatic hydroxyl groups is 1. The fourth-order valence-corrected chi connectivity index (χ4v) is 3.24. The third-order valence-corrected chi connectivity index (χ3v) is 4.51. The Hall–Kier alpha value is -3.01. The molecule has 0 spiro atoms. The van der Waals surface area contributed by atoms with Crippen molar-refractivity contribution in [2.45, 2.75) is 27.7 Å². The summed E-state index contributed by atoms with van der Waals surface area (Å²) < 4.78 is 6.05. The van der Waals surface area contributed by atoms with Crippen molar-refractivity contribution in [3.05, 3.63) is 89.7 Å². The predicted molar refractivity (Wildman–Crippen MR) is 120 cm³/mol. The number of pyridine rings is 1. The van der Waals surface area contributed by atoms with Gasteiger partial charge in [0.15, 0.2) is 5.78 Å². The Labute approximate surface area is 196 Å². The van der Waals surface area contributed by atoms with Gasteiger partial charge in [-0.15, -0.1) is 35.9 Å². The Bertz CT molecular complexity index is 1190. The third kappa shape index (κ3) is 6.24. The molecule has 161 valence electrons. The summed E-state index contributed by atoms with van der Waals surface area (Å²) in [6.07, 6.45) is 1.17. The van der Waals surface area contributed by atoms with Crippen molar-refractivity contribution < 1.29 is 34.4 Å². The minimum atomic E-state index is -0.125. The molecule has 0 fully saturated rings. The van der Waals surface area contributed by atoms with Crippen LogP contribution < -0.4 is 0 Å². The SMILES string of the molecule is CC(=O)/C=C(/C)O.Cc1cccc(C)c1-c1cc2ccc(-c3[c-]cccc3)nc2o1.[Ir]. The first-order valence-corrected chi connectivity index (χ1v) is 9.67. The number of aryl methyl sites for hydroxylation is 2. The molecule has 0 aliphatic carbocycles. The molecule has 0 aliphatic heterocycles. The van der Waals surface area contributed by atoms with Gasteiger partial charge in [0, 0.05) is 37.1 Å². The number of rotatable bonds is 3. The van der Waals surface area contributed by atoms with Crippen molar-refractivity contribution >= 4 is 16.9 Å². The predicted octanol–water partition coefficient (Wildman–Crippen LogP) is 6.61. The summed E-state index contributed by atoms with van der Waals surface area (Å²) in [7, 11) is 0. The number of carbonyl (C=O) groups excluding carboxylic acids is 1. The quantitative estimate of drug-likeness (QED) is 0.166. The van der Waals surface area contributed by atoms with E-state index in [1.54, 1.807) is 0 Å². The van der Waals surface area contributed by atoms with Gasteiger partial charge < -0.3 is 9.52 Å². The summed E-state index contributed by atoms with van der Waals surface area (Å²) in [5, 5.41) is 9.38. The van der Waals surface area contributed by atoms with Gasteiger partial charge in [-0.2, -0.15) is 0 Å². The van der Waals surface area contributed by atoms with Crippen LogP contribution in [0.5, 0.6) is 0 Å². The van der Waals surface area contributed by atoms with E-state index in [2.05, 4.69) is 55.2 Å². The summed E-state index contributed by atoms with van der Waals surface area (Å²) in [5.41, 5.74) is 6.08. The second-order valence-corrected chi connectivity index (χ2v) is 7.14. The molecule has 2 aromatic heterocycles. The number of aliphatic hydroxyl groups excluding tert-OH is 1. The molecular formula is C26H24IrNO3-. The van der Waals surface area contributed by atoms with Gasteiger partial charge in [-0.25, -0.2) is 0 Å². The van der Waals surface area contributed by atoms with Gasteiger partial charge in [0.25, 0.3) is 0 Å². The van der Waals surface area contributed by atoms with E-state index in [4.69, 9.17) is 9.52 Å². The van der Waals surface area contributed by atoms with Gasteiger partial charge in [-0.3, -0.25) is 9.78 Å². The second-order valence-electron chi connectivity index (χ2n) is 7.14. The molecule has 0 amide bonds. The maximum atomic E-state index is 10.0. The van der Waals surface area contributed by atoms with E-state index in [1.165, 1.54) is 31.1 Å². The van der Waals surface area contributed by atoms with Crippen LogP contribution in [0.25, 0.3) is 33.7 Å². The van der Waals surface area contributed by atoms with Gasteiger partial charge in [-0.05, 0) is 50.6 Å². The number of hydrogen-bond donors (Lipinski definition) is 1. The molecule has 2 aromatic carbocycles. The maximum absolute atomic E-state index is 10.0. The van der Waals surface area contributed by atoms with Crippen LogP contribution in [0.4, 0.5) is 0 Å². The monoisotopic (exact) mass is 591 g/mol. The summed E-state index contributed by atoms with van der Waals surface area (Å²) in [5.74, 6) is 0.810. The number of allylic oxidation sites excluding steroid dienone is 2. The number of fused-ring (bicyclic) bond motifs is 1. The molecule has 0 atom stereocenters. The largest absolute Gasteiger partial charge is 0.512 e. The van der Waals surface area contributed by atoms with Gasteiger partial charge >= 0.3 is 0 Å². The molecule has 5 heteroatoms. The summed E-state index contributed by atoms with van der Waals surface area (Å²) in [6, 6.07) is 23.4. The average molecular weight is 591 g/mol. The number of furan rings is 1. The first kappa shape index (κ1) is 24.3. The minimum Gasteiger partial charge on any atom is -0.512 e. The van der Waals surface area contributed by atoms with Crippen molar-refractivity contribution in [3.63, 3.8) is 0 Å². The van der Waals surface area contributed by atoms with Crippen LogP contribution in [0.3, 0.4) is 0 Å². The van der Waals surface area contributed by atoms with E-state index in [-0.39, 0.29) is 31.6 Å². The van der Waals surface area contributed by atoms with E-state index >= 15 is 0 Å². The van der Waals surface area contributed by atoms with E-state index in [1.807, 2.05) is 30.3 Å². The molecule has 0 aliphatic rings. The van der Waals surface area contributed by atoms with Gasteiger partial charge in [0.2, 0.25) is 5.71 Å². The molecule has 2 heterocycles. The van der Waals surface area contributed by atoms with Gasteiger partial charge in [0.1, 0.15) is 5.76 Å². The Morgan fingerprint density at radius 2 is 1.74 bits per heavy atom. The Morgan fingerprint density at radius 3 is 2.29 bits per heavy atom. The number of aromatic nitrogens is 1. The molecule has 31 heavy (non-hydrogen) atoms. The number of benzene rings is 2. The molecule has 1 radical (unpaired) electrons. The van der Waals surface area contributed by atoms with Crippen molar-refractivity contribution in [3.8, 4) is 22.6 Å². The normalized spacial score (nSPS) is 10.8. The number of ketones is 1. The van der Waals surface area contributed by atoms with Crippen LogP contribution in [0.1, 0.15) is 25.0 Å². The zero-order chi connectivity index (χ0) is 21.7. The van der Waals surface area contributed by atoms with Crippen LogP contribution >= 0.6 is 0 Å². The Morgan fingerprint density at radius 1 is 1.03 bits per heavy atom. The number of carbonyl (C=O) groups is 1. The van der Waals surface area contributed by atoms with Gasteiger partial charge in [0.05, 0.1) is 5.76 Å². The molecule has 4 nitrogen and oxygen atoms in total. The summed E-state index contributed by atoms with van der Waals surface area (Å²) in [6.45, 7) is 7.06. The molecular weight excluding hydrogens is 567 g/mol. The van der Waals surface area contributed by atoms with Crippen LogP contribution in [0.15, 0.2) is 76.9 Å². The van der Waals surface area contributed by atoms with E-state index in [9.17, 15) is 4.79 Å². The van der Waals surface area contributed by atoms with Crippen molar-refractivity contribution in [1.82, 2.24) is 4.98 Å². The third-order valence-electron chi connectivity index (χ3n) is 4.51. The van der Waals surface area contributed by atoms with Gasteiger partial charge in [-0.1, -0.05) is 30.3 Å². The van der Waals surface area contributed by atoms with Crippen LogP contribution in [-0.4, -0.2) is 15.9 Å². The molecule has 0 bridgehead atoms. The van der Waals surface area contributed by atoms with Crippen LogP contribution in [0.2, 0.25) is 0 Å². The fourth-order valence-electron chi connectivity index (χ4n) is 3.24. The van der Waals surface area contributed by atoms with Crippen molar-refractivity contribution in [1.29, 1.82) is 0 Å². The number of hydrogen-bond acceptors (Lipinski definition) is 4. The Balaban J connectivity index is 0.000000373. The maximum Gasteiger partial charge on any atom is 0.217 e. The standard InChI is InChI=1S/C21H16NO.C5H8O2.Ir/c1-14-7-6-8-15(2)20(14)19-13-17-11-12-18(22-21(17)23-19)16-9-4-3-5-10-16;1-4(6)3-5(2)7;/h3-9,11-13H,1-2H3;3,6H,1-2H3;/q-1;;/b;4-3-;. The zero-order valence-corrected chi connectivity index (χ0v) is 20.3. The second kappa shape index (κ2) is 10.9. The van der Waals surface area contributed by atoms with E-state index in [0.29, 0.717) is 5.71 Å². The molecule has 0 saturated carbocycles. The summed E-state index contributed by atoms with van der Waals surface area (Å²) >= 11 is 0. The molecule has 1 N–H and O–H groups in total. The fraction of sp³-hybridized carbons (Fsp3) is 0.154. The Kier molecular flexibility index (Phi) is 8.49. The molecule has 0 saturated heterocycles. The van der Waals surface area contributed by atoms with Crippen LogP contribution in [0, 0.1) is 19.9 Å².